The van der Waals surface area contributed by atoms with Crippen molar-refractivity contribution in [2.75, 3.05) is 13.7 Å². The van der Waals surface area contributed by atoms with Gasteiger partial charge in [0.1, 0.15) is 0 Å². The lowest BCUT2D eigenvalue weighted by Gasteiger charge is -2.23. The van der Waals surface area contributed by atoms with Crippen LogP contribution in [0.1, 0.15) is 43.0 Å². The Morgan fingerprint density at radius 2 is 2.33 bits per heavy atom. The first-order chi connectivity index (χ1) is 8.81. The number of ether oxygens (including phenoxy) is 1. The number of nitrogens with one attached hydrogen (secondary N) is 1. The number of hydrogen-bond acceptors (Lipinski definition) is 4. The van der Waals surface area contributed by atoms with E-state index in [1.807, 2.05) is 0 Å². The average molecular weight is 267 g/mol. The van der Waals surface area contributed by atoms with Gasteiger partial charge in [0.05, 0.1) is 13.5 Å². The van der Waals surface area contributed by atoms with Crippen LogP contribution < -0.4 is 5.32 Å². The zero-order valence-electron chi connectivity index (χ0n) is 10.9. The summed E-state index contributed by atoms with van der Waals surface area (Å²) in [5, 5.41) is 5.66. The molecule has 0 aliphatic heterocycles. The number of hydrogen-bond donors (Lipinski definition) is 1. The van der Waals surface area contributed by atoms with E-state index in [9.17, 15) is 4.79 Å². The molecule has 18 heavy (non-hydrogen) atoms. The molecule has 1 aliphatic carbocycles. The van der Waals surface area contributed by atoms with Crippen LogP contribution in [0.15, 0.2) is 17.5 Å². The molecule has 1 fully saturated rings. The summed E-state index contributed by atoms with van der Waals surface area (Å²) in [6, 6.07) is 4.71. The van der Waals surface area contributed by atoms with E-state index in [1.54, 1.807) is 11.3 Å². The molecule has 100 valence electrons. The molecule has 1 aromatic rings. The van der Waals surface area contributed by atoms with Gasteiger partial charge in [-0.25, -0.2) is 0 Å². The van der Waals surface area contributed by atoms with E-state index in [1.165, 1.54) is 37.7 Å². The van der Waals surface area contributed by atoms with Crippen LogP contribution in [0.2, 0.25) is 0 Å². The van der Waals surface area contributed by atoms with Crippen molar-refractivity contribution in [1.29, 1.82) is 0 Å². The number of carbonyl (C=O) groups is 1. The van der Waals surface area contributed by atoms with Crippen LogP contribution in [0.4, 0.5) is 0 Å². The molecule has 1 atom stereocenters. The van der Waals surface area contributed by atoms with Crippen molar-refractivity contribution in [2.45, 2.75) is 38.1 Å². The highest BCUT2D eigenvalue weighted by Gasteiger charge is 2.26. The van der Waals surface area contributed by atoms with Gasteiger partial charge in [0.25, 0.3) is 0 Å². The minimum Gasteiger partial charge on any atom is -0.469 e. The predicted molar refractivity (Wildman–Crippen MR) is 73.7 cm³/mol. The van der Waals surface area contributed by atoms with Gasteiger partial charge in [0.15, 0.2) is 0 Å². The van der Waals surface area contributed by atoms with Gasteiger partial charge < -0.3 is 10.1 Å². The Morgan fingerprint density at radius 1 is 1.56 bits per heavy atom. The summed E-state index contributed by atoms with van der Waals surface area (Å²) in [7, 11) is 1.44. The van der Waals surface area contributed by atoms with Crippen molar-refractivity contribution in [3.63, 3.8) is 0 Å². The monoisotopic (exact) mass is 267 g/mol. The molecule has 1 unspecified atom stereocenters. The summed E-state index contributed by atoms with van der Waals surface area (Å²) in [6.45, 7) is 0.700. The molecule has 1 saturated carbocycles. The van der Waals surface area contributed by atoms with E-state index in [0.29, 0.717) is 19.0 Å². The molecule has 0 spiro atoms. The standard InChI is InChI=1S/C14H21NO2S/c1-17-13(16)8-9-15-14(11-5-2-3-6-11)12-7-4-10-18-12/h4,7,10-11,14-15H,2-3,5-6,8-9H2,1H3. The molecule has 0 bridgehead atoms. The van der Waals surface area contributed by atoms with Crippen LogP contribution >= 0.6 is 11.3 Å². The maximum absolute atomic E-state index is 11.1. The number of methoxy groups -OCH3 is 1. The second-order valence-electron chi connectivity index (χ2n) is 4.82. The molecular weight excluding hydrogens is 246 g/mol. The second-order valence-corrected chi connectivity index (χ2v) is 5.80. The van der Waals surface area contributed by atoms with E-state index in [4.69, 9.17) is 0 Å². The minimum absolute atomic E-state index is 0.140. The normalized spacial score (nSPS) is 17.8. The Kier molecular flexibility index (Phi) is 5.20. The van der Waals surface area contributed by atoms with E-state index >= 15 is 0 Å². The maximum Gasteiger partial charge on any atom is 0.306 e. The average Bonchev–Trinajstić information content (AvgIpc) is 3.06. The third-order valence-electron chi connectivity index (χ3n) is 3.64. The highest BCUT2D eigenvalue weighted by molar-refractivity contribution is 7.10. The summed E-state index contributed by atoms with van der Waals surface area (Å²) < 4.78 is 4.67. The van der Waals surface area contributed by atoms with Gasteiger partial charge in [-0.1, -0.05) is 18.9 Å². The third kappa shape index (κ3) is 3.56. The lowest BCUT2D eigenvalue weighted by molar-refractivity contribution is -0.140. The van der Waals surface area contributed by atoms with Gasteiger partial charge in [0, 0.05) is 17.5 Å². The Hall–Kier alpha value is -0.870. The zero-order valence-corrected chi connectivity index (χ0v) is 11.7. The molecule has 3 nitrogen and oxygen atoms in total. The summed E-state index contributed by atoms with van der Waals surface area (Å²) in [6.07, 6.45) is 5.73. The molecule has 4 heteroatoms. The van der Waals surface area contributed by atoms with Crippen LogP contribution in [-0.2, 0) is 9.53 Å². The van der Waals surface area contributed by atoms with Crippen molar-refractivity contribution < 1.29 is 9.53 Å². The fourth-order valence-electron chi connectivity index (χ4n) is 2.69. The highest BCUT2D eigenvalue weighted by atomic mass is 32.1. The van der Waals surface area contributed by atoms with Crippen molar-refractivity contribution in [3.8, 4) is 0 Å². The van der Waals surface area contributed by atoms with Gasteiger partial charge in [-0.15, -0.1) is 11.3 Å². The van der Waals surface area contributed by atoms with E-state index in [2.05, 4.69) is 27.6 Å². The molecule has 1 aliphatic rings. The number of carbonyl (C=O) groups excluding carboxylic acids is 1. The van der Waals surface area contributed by atoms with Crippen LogP contribution in [0.25, 0.3) is 0 Å². The SMILES string of the molecule is COC(=O)CCNC(c1cccs1)C1CCCC1. The van der Waals surface area contributed by atoms with Crippen LogP contribution in [0.3, 0.4) is 0 Å². The summed E-state index contributed by atoms with van der Waals surface area (Å²) in [5.41, 5.74) is 0. The molecule has 0 aromatic carbocycles. The minimum atomic E-state index is -0.140. The van der Waals surface area contributed by atoms with E-state index in [-0.39, 0.29) is 5.97 Å². The molecule has 2 rings (SSSR count). The van der Waals surface area contributed by atoms with Crippen LogP contribution in [0, 0.1) is 5.92 Å². The molecule has 0 saturated heterocycles. The number of rotatable bonds is 6. The zero-order chi connectivity index (χ0) is 12.8. The number of esters is 1. The quantitative estimate of drug-likeness (QED) is 0.805. The largest absolute Gasteiger partial charge is 0.469 e. The molecule has 0 amide bonds. The number of thiophene rings is 1. The summed E-state index contributed by atoms with van der Waals surface area (Å²) >= 11 is 1.80. The van der Waals surface area contributed by atoms with Crippen molar-refractivity contribution in [3.05, 3.63) is 22.4 Å². The molecule has 1 heterocycles. The molecular formula is C14H21NO2S. The first-order valence-electron chi connectivity index (χ1n) is 6.65. The van der Waals surface area contributed by atoms with Gasteiger partial charge in [-0.2, -0.15) is 0 Å². The molecule has 1 aromatic heterocycles. The first kappa shape index (κ1) is 13.6. The molecule has 1 N–H and O–H groups in total. The van der Waals surface area contributed by atoms with Gasteiger partial charge in [-0.3, -0.25) is 4.79 Å². The van der Waals surface area contributed by atoms with Crippen LogP contribution in [-0.4, -0.2) is 19.6 Å². The van der Waals surface area contributed by atoms with Crippen molar-refractivity contribution >= 4 is 17.3 Å². The van der Waals surface area contributed by atoms with Gasteiger partial charge >= 0.3 is 5.97 Å². The fourth-order valence-corrected chi connectivity index (χ4v) is 3.58. The summed E-state index contributed by atoms with van der Waals surface area (Å²) in [4.78, 5) is 12.5. The Balaban J connectivity index is 1.90. The Bertz CT molecular complexity index is 358. The fraction of sp³-hybridized carbons (Fsp3) is 0.643. The Morgan fingerprint density at radius 3 is 2.94 bits per heavy atom. The Labute approximate surface area is 113 Å². The topological polar surface area (TPSA) is 38.3 Å². The summed E-state index contributed by atoms with van der Waals surface area (Å²) in [5.74, 6) is 0.583. The van der Waals surface area contributed by atoms with E-state index in [0.717, 1.165) is 5.92 Å². The van der Waals surface area contributed by atoms with Gasteiger partial charge in [0.2, 0.25) is 0 Å². The third-order valence-corrected chi connectivity index (χ3v) is 4.60. The second kappa shape index (κ2) is 6.90. The first-order valence-corrected chi connectivity index (χ1v) is 7.53. The van der Waals surface area contributed by atoms with Crippen LogP contribution in [0.5, 0.6) is 0 Å². The van der Waals surface area contributed by atoms with E-state index < -0.39 is 0 Å². The van der Waals surface area contributed by atoms with Crippen molar-refractivity contribution in [1.82, 2.24) is 5.32 Å². The lowest BCUT2D eigenvalue weighted by atomic mass is 9.96. The van der Waals surface area contributed by atoms with Crippen molar-refractivity contribution in [2.24, 2.45) is 5.92 Å². The predicted octanol–water partition coefficient (Wildman–Crippen LogP) is 3.13. The molecule has 0 radical (unpaired) electrons. The smallest absolute Gasteiger partial charge is 0.306 e. The maximum atomic E-state index is 11.1. The lowest BCUT2D eigenvalue weighted by Crippen LogP contribution is -2.28. The van der Waals surface area contributed by atoms with Gasteiger partial charge in [-0.05, 0) is 30.2 Å². The highest BCUT2D eigenvalue weighted by Crippen LogP contribution is 2.37.